The summed E-state index contributed by atoms with van der Waals surface area (Å²) in [7, 11) is 0. The van der Waals surface area contributed by atoms with Crippen LogP contribution in [0.5, 0.6) is 11.6 Å². The van der Waals surface area contributed by atoms with Crippen LogP contribution in [0, 0.1) is 24.4 Å². The summed E-state index contributed by atoms with van der Waals surface area (Å²) in [5, 5.41) is 2.36. The normalized spacial score (nSPS) is 10.6. The number of carbonyl (C=O) groups is 1. The van der Waals surface area contributed by atoms with Crippen LogP contribution in [0.4, 0.5) is 19.0 Å². The fourth-order valence-electron chi connectivity index (χ4n) is 2.78. The second kappa shape index (κ2) is 8.80. The van der Waals surface area contributed by atoms with Crippen molar-refractivity contribution in [2.24, 2.45) is 0 Å². The van der Waals surface area contributed by atoms with Gasteiger partial charge >= 0.3 is 0 Å². The maximum atomic E-state index is 13.8. The molecule has 160 valence electrons. The molecule has 0 aliphatic rings. The summed E-state index contributed by atoms with van der Waals surface area (Å²) < 4.78 is 46.4. The highest BCUT2D eigenvalue weighted by atomic mass is 19.2. The van der Waals surface area contributed by atoms with Crippen molar-refractivity contribution in [1.82, 2.24) is 19.9 Å². The molecule has 0 radical (unpaired) electrons. The SMILES string of the molecule is Cc1ncc(Oc2ncccc2F)cc1-c1cnc(NC(=O)c2cccc(F)c2F)cn1. The predicted octanol–water partition coefficient (Wildman–Crippen LogP) is 4.70. The van der Waals surface area contributed by atoms with E-state index in [1.54, 1.807) is 13.0 Å². The summed E-state index contributed by atoms with van der Waals surface area (Å²) in [5.74, 6) is -3.79. The molecule has 0 saturated carbocycles. The fraction of sp³-hybridized carbons (Fsp3) is 0.0455. The minimum atomic E-state index is -1.25. The monoisotopic (exact) mass is 437 g/mol. The van der Waals surface area contributed by atoms with E-state index >= 15 is 0 Å². The average molecular weight is 437 g/mol. The van der Waals surface area contributed by atoms with Crippen molar-refractivity contribution in [3.05, 3.63) is 89.9 Å². The molecule has 4 aromatic rings. The Morgan fingerprint density at radius 2 is 1.75 bits per heavy atom. The number of nitrogens with zero attached hydrogens (tertiary/aromatic N) is 4. The van der Waals surface area contributed by atoms with Gasteiger partial charge in [-0.1, -0.05) is 6.07 Å². The van der Waals surface area contributed by atoms with Gasteiger partial charge in [-0.2, -0.15) is 0 Å². The summed E-state index contributed by atoms with van der Waals surface area (Å²) in [5.41, 5.74) is 1.10. The molecule has 0 spiro atoms. The Hall–Kier alpha value is -4.34. The molecule has 0 atom stereocenters. The van der Waals surface area contributed by atoms with Gasteiger partial charge in [0.2, 0.25) is 0 Å². The zero-order valence-corrected chi connectivity index (χ0v) is 16.5. The molecule has 1 aromatic carbocycles. The van der Waals surface area contributed by atoms with Crippen molar-refractivity contribution < 1.29 is 22.7 Å². The van der Waals surface area contributed by atoms with Gasteiger partial charge < -0.3 is 10.1 Å². The van der Waals surface area contributed by atoms with Gasteiger partial charge in [0.1, 0.15) is 5.75 Å². The van der Waals surface area contributed by atoms with Crippen LogP contribution in [0.3, 0.4) is 0 Å². The molecule has 3 aromatic heterocycles. The van der Waals surface area contributed by atoms with E-state index in [0.717, 1.165) is 12.1 Å². The third kappa shape index (κ3) is 4.38. The first-order valence-corrected chi connectivity index (χ1v) is 9.25. The molecule has 1 amide bonds. The first kappa shape index (κ1) is 20.9. The van der Waals surface area contributed by atoms with E-state index in [1.807, 2.05) is 0 Å². The molecule has 0 bridgehead atoms. The van der Waals surface area contributed by atoms with E-state index in [2.05, 4.69) is 25.3 Å². The third-order valence-corrected chi connectivity index (χ3v) is 4.37. The first-order valence-electron chi connectivity index (χ1n) is 9.25. The summed E-state index contributed by atoms with van der Waals surface area (Å²) in [6.07, 6.45) is 5.44. The average Bonchev–Trinajstić information content (AvgIpc) is 2.79. The standard InChI is InChI=1S/C22H14F3N5O2/c1-12-15(8-13(9-27-12)32-22-17(24)6-3-7-26-22)18-10-29-19(11-28-18)30-21(31)14-4-2-5-16(23)20(14)25/h2-11H,1H3,(H,29,30,31). The maximum Gasteiger partial charge on any atom is 0.259 e. The van der Waals surface area contributed by atoms with Crippen LogP contribution in [0.1, 0.15) is 16.1 Å². The number of ether oxygens (including phenoxy) is 1. The minimum absolute atomic E-state index is 0.0379. The van der Waals surface area contributed by atoms with Crippen molar-refractivity contribution in [3.63, 3.8) is 0 Å². The number of carbonyl (C=O) groups excluding carboxylic acids is 1. The number of nitrogens with one attached hydrogen (secondary N) is 1. The lowest BCUT2D eigenvalue weighted by atomic mass is 10.1. The van der Waals surface area contributed by atoms with Gasteiger partial charge in [0.15, 0.2) is 23.3 Å². The molecule has 3 heterocycles. The Labute approximate surface area is 180 Å². The van der Waals surface area contributed by atoms with Crippen molar-refractivity contribution in [1.29, 1.82) is 0 Å². The van der Waals surface area contributed by atoms with Crippen LogP contribution in [0.2, 0.25) is 0 Å². The quantitative estimate of drug-likeness (QED) is 0.487. The maximum absolute atomic E-state index is 13.8. The summed E-state index contributed by atoms with van der Waals surface area (Å²) in [6, 6.07) is 7.56. The molecule has 7 nitrogen and oxygen atoms in total. The van der Waals surface area contributed by atoms with Gasteiger partial charge in [-0.05, 0) is 37.3 Å². The van der Waals surface area contributed by atoms with E-state index in [0.29, 0.717) is 17.0 Å². The summed E-state index contributed by atoms with van der Waals surface area (Å²) >= 11 is 0. The highest BCUT2D eigenvalue weighted by Gasteiger charge is 2.16. The molecule has 4 rings (SSSR count). The number of pyridine rings is 2. The van der Waals surface area contributed by atoms with Gasteiger partial charge in [-0.3, -0.25) is 14.8 Å². The largest absolute Gasteiger partial charge is 0.435 e. The second-order valence-electron chi connectivity index (χ2n) is 6.54. The number of hydrogen-bond acceptors (Lipinski definition) is 6. The Morgan fingerprint density at radius 3 is 2.50 bits per heavy atom. The molecule has 0 aliphatic carbocycles. The lowest BCUT2D eigenvalue weighted by Crippen LogP contribution is -2.15. The molecule has 0 fully saturated rings. The van der Waals surface area contributed by atoms with Gasteiger partial charge in [0, 0.05) is 17.5 Å². The van der Waals surface area contributed by atoms with Crippen molar-refractivity contribution in [2.75, 3.05) is 5.32 Å². The van der Waals surface area contributed by atoms with Gasteiger partial charge in [0.25, 0.3) is 11.8 Å². The highest BCUT2D eigenvalue weighted by molar-refractivity contribution is 6.03. The first-order chi connectivity index (χ1) is 15.4. The molecule has 32 heavy (non-hydrogen) atoms. The van der Waals surface area contributed by atoms with Crippen LogP contribution < -0.4 is 10.1 Å². The molecule has 10 heteroatoms. The Balaban J connectivity index is 1.54. The van der Waals surface area contributed by atoms with Gasteiger partial charge in [-0.25, -0.2) is 23.1 Å². The van der Waals surface area contributed by atoms with Crippen LogP contribution in [-0.4, -0.2) is 25.8 Å². The van der Waals surface area contributed by atoms with E-state index in [4.69, 9.17) is 4.74 Å². The number of halogens is 3. The van der Waals surface area contributed by atoms with Crippen LogP contribution in [0.15, 0.2) is 61.2 Å². The number of benzene rings is 1. The summed E-state index contributed by atoms with van der Waals surface area (Å²) in [6.45, 7) is 1.74. The molecule has 0 saturated heterocycles. The number of aromatic nitrogens is 4. The number of hydrogen-bond donors (Lipinski definition) is 1. The van der Waals surface area contributed by atoms with Crippen molar-refractivity contribution in [3.8, 4) is 22.9 Å². The number of rotatable bonds is 5. The van der Waals surface area contributed by atoms with E-state index in [9.17, 15) is 18.0 Å². The number of anilines is 1. The number of amides is 1. The Kier molecular flexibility index (Phi) is 5.75. The third-order valence-electron chi connectivity index (χ3n) is 4.37. The number of aryl methyl sites for hydroxylation is 1. The van der Waals surface area contributed by atoms with Crippen LogP contribution in [0.25, 0.3) is 11.3 Å². The van der Waals surface area contributed by atoms with Crippen molar-refractivity contribution >= 4 is 11.7 Å². The molecular formula is C22H14F3N5O2. The van der Waals surface area contributed by atoms with Gasteiger partial charge in [0.05, 0.1) is 29.8 Å². The van der Waals surface area contributed by atoms with E-state index in [1.165, 1.54) is 43.0 Å². The Bertz CT molecular complexity index is 1300. The highest BCUT2D eigenvalue weighted by Crippen LogP contribution is 2.28. The zero-order valence-electron chi connectivity index (χ0n) is 16.5. The Morgan fingerprint density at radius 1 is 0.938 bits per heavy atom. The smallest absolute Gasteiger partial charge is 0.259 e. The second-order valence-corrected chi connectivity index (χ2v) is 6.54. The van der Waals surface area contributed by atoms with Gasteiger partial charge in [-0.15, -0.1) is 0 Å². The van der Waals surface area contributed by atoms with E-state index < -0.39 is 28.9 Å². The molecule has 0 aliphatic heterocycles. The molecule has 0 unspecified atom stereocenters. The zero-order chi connectivity index (χ0) is 22.7. The van der Waals surface area contributed by atoms with Crippen LogP contribution >= 0.6 is 0 Å². The fourth-order valence-corrected chi connectivity index (χ4v) is 2.78. The molecular weight excluding hydrogens is 423 g/mol. The lowest BCUT2D eigenvalue weighted by molar-refractivity contribution is 0.102. The topological polar surface area (TPSA) is 89.9 Å². The predicted molar refractivity (Wildman–Crippen MR) is 109 cm³/mol. The van der Waals surface area contributed by atoms with E-state index in [-0.39, 0.29) is 17.4 Å². The minimum Gasteiger partial charge on any atom is -0.435 e. The summed E-state index contributed by atoms with van der Waals surface area (Å²) in [4.78, 5) is 28.6. The lowest BCUT2D eigenvalue weighted by Gasteiger charge is -2.10. The molecule has 1 N–H and O–H groups in total. The van der Waals surface area contributed by atoms with Crippen LogP contribution in [-0.2, 0) is 0 Å². The van der Waals surface area contributed by atoms with Crippen molar-refractivity contribution in [2.45, 2.75) is 6.92 Å².